The van der Waals surface area contributed by atoms with E-state index in [0.717, 1.165) is 38.5 Å². The molecule has 2 rings (SSSR count). The van der Waals surface area contributed by atoms with Crippen LogP contribution < -0.4 is 11.1 Å². The summed E-state index contributed by atoms with van der Waals surface area (Å²) < 4.78 is 5.73. The summed E-state index contributed by atoms with van der Waals surface area (Å²) >= 11 is 4.87. The van der Waals surface area contributed by atoms with Gasteiger partial charge in [-0.3, -0.25) is 9.88 Å². The van der Waals surface area contributed by atoms with E-state index >= 15 is 0 Å². The first-order valence-corrected chi connectivity index (χ1v) is 6.93. The quantitative estimate of drug-likeness (QED) is 0.780. The molecule has 5 nitrogen and oxygen atoms in total. The van der Waals surface area contributed by atoms with Crippen molar-refractivity contribution in [3.8, 4) is 0 Å². The minimum absolute atomic E-state index is 0.226. The summed E-state index contributed by atoms with van der Waals surface area (Å²) in [6.07, 6.45) is 1.97. The van der Waals surface area contributed by atoms with Gasteiger partial charge in [-0.15, -0.1) is 0 Å². The summed E-state index contributed by atoms with van der Waals surface area (Å²) in [5.41, 5.74) is 7.11. The molecule has 6 heteroatoms. The molecule has 104 valence electrons. The first kappa shape index (κ1) is 14.2. The summed E-state index contributed by atoms with van der Waals surface area (Å²) in [4.78, 5) is 6.91. The average molecular weight is 280 g/mol. The van der Waals surface area contributed by atoms with Gasteiger partial charge in [0.25, 0.3) is 0 Å². The first-order chi connectivity index (χ1) is 9.19. The van der Waals surface area contributed by atoms with Crippen molar-refractivity contribution >= 4 is 22.9 Å². The first-order valence-electron chi connectivity index (χ1n) is 6.52. The number of morpholine rings is 1. The van der Waals surface area contributed by atoms with Crippen molar-refractivity contribution in [1.82, 2.24) is 9.88 Å². The van der Waals surface area contributed by atoms with E-state index in [2.05, 4.69) is 22.1 Å². The summed E-state index contributed by atoms with van der Waals surface area (Å²) in [5.74, 6) is 0. The van der Waals surface area contributed by atoms with Crippen molar-refractivity contribution in [2.75, 3.05) is 38.1 Å². The Bertz CT molecular complexity index is 423. The lowest BCUT2D eigenvalue weighted by Gasteiger charge is -2.32. The standard InChI is InChI=1S/C13H20N4OS/c1-2-17-5-6-18-11(9-17)8-15-10-3-4-12(13(14)19)16-7-10/h3-4,7,11,15H,2,5-6,8-9H2,1H3,(H2,14,19). The van der Waals surface area contributed by atoms with E-state index in [1.807, 2.05) is 12.1 Å². The third-order valence-electron chi connectivity index (χ3n) is 3.22. The lowest BCUT2D eigenvalue weighted by Crippen LogP contribution is -2.45. The Morgan fingerprint density at radius 1 is 1.63 bits per heavy atom. The molecule has 3 N–H and O–H groups in total. The van der Waals surface area contributed by atoms with Gasteiger partial charge in [-0.1, -0.05) is 19.1 Å². The van der Waals surface area contributed by atoms with Crippen LogP contribution in [0.2, 0.25) is 0 Å². The van der Waals surface area contributed by atoms with Crippen LogP contribution >= 0.6 is 12.2 Å². The van der Waals surface area contributed by atoms with E-state index in [4.69, 9.17) is 22.7 Å². The fourth-order valence-electron chi connectivity index (χ4n) is 2.07. The Kier molecular flexibility index (Phi) is 5.07. The summed E-state index contributed by atoms with van der Waals surface area (Å²) in [6, 6.07) is 3.76. The lowest BCUT2D eigenvalue weighted by atomic mass is 10.2. The van der Waals surface area contributed by atoms with Crippen molar-refractivity contribution in [3.05, 3.63) is 24.0 Å². The van der Waals surface area contributed by atoms with Crippen LogP contribution in [0.5, 0.6) is 0 Å². The predicted molar refractivity (Wildman–Crippen MR) is 80.5 cm³/mol. The molecule has 1 saturated heterocycles. The number of likely N-dealkylation sites (N-methyl/N-ethyl adjacent to an activating group) is 1. The summed E-state index contributed by atoms with van der Waals surface area (Å²) in [5, 5.41) is 3.33. The van der Waals surface area contributed by atoms with E-state index in [-0.39, 0.29) is 6.10 Å². The second-order valence-corrected chi connectivity index (χ2v) is 5.00. The van der Waals surface area contributed by atoms with Crippen LogP contribution in [0.4, 0.5) is 5.69 Å². The Hall–Kier alpha value is -1.24. The van der Waals surface area contributed by atoms with E-state index < -0.39 is 0 Å². The van der Waals surface area contributed by atoms with Gasteiger partial charge in [-0.25, -0.2) is 0 Å². The number of nitrogens with two attached hydrogens (primary N) is 1. The van der Waals surface area contributed by atoms with Gasteiger partial charge >= 0.3 is 0 Å². The number of hydrogen-bond acceptors (Lipinski definition) is 5. The highest BCUT2D eigenvalue weighted by Gasteiger charge is 2.18. The normalized spacial score (nSPS) is 20.2. The number of anilines is 1. The van der Waals surface area contributed by atoms with Crippen LogP contribution in [0.3, 0.4) is 0 Å². The number of hydrogen-bond donors (Lipinski definition) is 2. The van der Waals surface area contributed by atoms with Gasteiger partial charge in [0.2, 0.25) is 0 Å². The summed E-state index contributed by atoms with van der Waals surface area (Å²) in [6.45, 7) is 6.83. The van der Waals surface area contributed by atoms with E-state index in [1.165, 1.54) is 0 Å². The zero-order valence-electron chi connectivity index (χ0n) is 11.1. The second-order valence-electron chi connectivity index (χ2n) is 4.56. The number of rotatable bonds is 5. The molecule has 1 atom stereocenters. The van der Waals surface area contributed by atoms with Crippen molar-refractivity contribution in [2.45, 2.75) is 13.0 Å². The predicted octanol–water partition coefficient (Wildman–Crippen LogP) is 0.848. The average Bonchev–Trinajstić information content (AvgIpc) is 2.46. The number of ether oxygens (including phenoxy) is 1. The third-order valence-corrected chi connectivity index (χ3v) is 3.43. The molecule has 0 spiro atoms. The molecule has 0 saturated carbocycles. The molecule has 1 fully saturated rings. The highest BCUT2D eigenvalue weighted by Crippen LogP contribution is 2.09. The van der Waals surface area contributed by atoms with E-state index in [1.54, 1.807) is 6.20 Å². The highest BCUT2D eigenvalue weighted by molar-refractivity contribution is 7.80. The molecule has 1 aromatic rings. The highest BCUT2D eigenvalue weighted by atomic mass is 32.1. The zero-order valence-corrected chi connectivity index (χ0v) is 11.9. The van der Waals surface area contributed by atoms with Gasteiger partial charge in [0.05, 0.1) is 30.3 Å². The Morgan fingerprint density at radius 2 is 2.47 bits per heavy atom. The molecule has 1 aliphatic rings. The molecule has 0 bridgehead atoms. The fraction of sp³-hybridized carbons (Fsp3) is 0.538. The molecule has 1 unspecified atom stereocenters. The second kappa shape index (κ2) is 6.79. The third kappa shape index (κ3) is 4.12. The monoisotopic (exact) mass is 280 g/mol. The number of thiocarbonyl (C=S) groups is 1. The van der Waals surface area contributed by atoms with Gasteiger partial charge in [0.1, 0.15) is 4.99 Å². The molecule has 1 aromatic heterocycles. The Morgan fingerprint density at radius 3 is 3.11 bits per heavy atom. The van der Waals surface area contributed by atoms with E-state index in [0.29, 0.717) is 10.7 Å². The maximum atomic E-state index is 5.73. The Labute approximate surface area is 119 Å². The SMILES string of the molecule is CCN1CCOC(CNc2ccc(C(N)=S)nc2)C1. The van der Waals surface area contributed by atoms with Crippen molar-refractivity contribution in [1.29, 1.82) is 0 Å². The van der Waals surface area contributed by atoms with Crippen molar-refractivity contribution < 1.29 is 4.74 Å². The minimum Gasteiger partial charge on any atom is -0.388 e. The zero-order chi connectivity index (χ0) is 13.7. The molecular formula is C13H20N4OS. The van der Waals surface area contributed by atoms with Crippen LogP contribution in [0.1, 0.15) is 12.6 Å². The van der Waals surface area contributed by atoms with Gasteiger partial charge in [0, 0.05) is 19.6 Å². The summed E-state index contributed by atoms with van der Waals surface area (Å²) in [7, 11) is 0. The van der Waals surface area contributed by atoms with Crippen LogP contribution in [-0.4, -0.2) is 53.8 Å². The van der Waals surface area contributed by atoms with Gasteiger partial charge in [-0.2, -0.15) is 0 Å². The molecule has 0 aliphatic carbocycles. The molecule has 0 aromatic carbocycles. The largest absolute Gasteiger partial charge is 0.388 e. The van der Waals surface area contributed by atoms with Crippen molar-refractivity contribution in [3.63, 3.8) is 0 Å². The maximum Gasteiger partial charge on any atom is 0.122 e. The Balaban J connectivity index is 1.83. The van der Waals surface area contributed by atoms with Crippen LogP contribution in [0.15, 0.2) is 18.3 Å². The number of nitrogens with one attached hydrogen (secondary N) is 1. The van der Waals surface area contributed by atoms with Crippen molar-refractivity contribution in [2.24, 2.45) is 5.73 Å². The van der Waals surface area contributed by atoms with Crippen LogP contribution in [-0.2, 0) is 4.74 Å². The lowest BCUT2D eigenvalue weighted by molar-refractivity contribution is -0.0191. The molecule has 2 heterocycles. The molecular weight excluding hydrogens is 260 g/mol. The number of nitrogens with zero attached hydrogens (tertiary/aromatic N) is 2. The van der Waals surface area contributed by atoms with Crippen LogP contribution in [0.25, 0.3) is 0 Å². The molecule has 0 amide bonds. The van der Waals surface area contributed by atoms with Gasteiger partial charge in [-0.05, 0) is 18.7 Å². The number of aromatic nitrogens is 1. The van der Waals surface area contributed by atoms with Gasteiger partial charge < -0.3 is 15.8 Å². The smallest absolute Gasteiger partial charge is 0.122 e. The topological polar surface area (TPSA) is 63.4 Å². The molecule has 0 radical (unpaired) electrons. The maximum absolute atomic E-state index is 5.73. The fourth-order valence-corrected chi connectivity index (χ4v) is 2.19. The minimum atomic E-state index is 0.226. The van der Waals surface area contributed by atoms with Gasteiger partial charge in [0.15, 0.2) is 0 Å². The number of pyridine rings is 1. The van der Waals surface area contributed by atoms with Crippen LogP contribution in [0, 0.1) is 0 Å². The molecule has 1 aliphatic heterocycles. The van der Waals surface area contributed by atoms with E-state index in [9.17, 15) is 0 Å². The molecule has 19 heavy (non-hydrogen) atoms.